The Kier molecular flexibility index (Phi) is 3.66. The molecule has 0 radical (unpaired) electrons. The molecule has 2 atom stereocenters. The second-order valence-corrected chi connectivity index (χ2v) is 5.32. The Labute approximate surface area is 94.5 Å². The summed E-state index contributed by atoms with van der Waals surface area (Å²) in [5, 5.41) is 0. The van der Waals surface area contributed by atoms with Crippen LogP contribution in [0.3, 0.4) is 0 Å². The number of hydrogen-bond donors (Lipinski definition) is 0. The summed E-state index contributed by atoms with van der Waals surface area (Å²) >= 11 is 0. The lowest BCUT2D eigenvalue weighted by atomic mass is 9.93. The zero-order valence-corrected chi connectivity index (χ0v) is 10.1. The van der Waals surface area contributed by atoms with Gasteiger partial charge in [0.1, 0.15) is 0 Å². The third-order valence-electron chi connectivity index (χ3n) is 4.19. The highest BCUT2D eigenvalue weighted by Gasteiger charge is 2.31. The predicted octanol–water partition coefficient (Wildman–Crippen LogP) is 4.87. The SMILES string of the molecule is C=C(CC)CCCCC1=CC2CCC1C2. The van der Waals surface area contributed by atoms with Gasteiger partial charge in [-0.25, -0.2) is 0 Å². The van der Waals surface area contributed by atoms with Crippen LogP contribution in [0.4, 0.5) is 0 Å². The van der Waals surface area contributed by atoms with Gasteiger partial charge in [0, 0.05) is 0 Å². The van der Waals surface area contributed by atoms with Crippen LogP contribution in [0.5, 0.6) is 0 Å². The van der Waals surface area contributed by atoms with Gasteiger partial charge in [-0.1, -0.05) is 30.7 Å². The normalized spacial score (nSPS) is 28.2. The lowest BCUT2D eigenvalue weighted by molar-refractivity contribution is 0.599. The fourth-order valence-electron chi connectivity index (χ4n) is 3.11. The summed E-state index contributed by atoms with van der Waals surface area (Å²) in [6.07, 6.45) is 13.5. The number of allylic oxidation sites excluding steroid dienone is 3. The van der Waals surface area contributed by atoms with Crippen LogP contribution in [-0.4, -0.2) is 0 Å². The molecule has 0 heteroatoms. The lowest BCUT2D eigenvalue weighted by Crippen LogP contribution is -1.97. The second-order valence-electron chi connectivity index (χ2n) is 5.32. The zero-order chi connectivity index (χ0) is 10.7. The number of hydrogen-bond acceptors (Lipinski definition) is 0. The fourth-order valence-corrected chi connectivity index (χ4v) is 3.11. The molecule has 1 fully saturated rings. The first-order valence-corrected chi connectivity index (χ1v) is 6.66. The van der Waals surface area contributed by atoms with E-state index in [1.165, 1.54) is 50.5 Å². The van der Waals surface area contributed by atoms with Crippen molar-refractivity contribution in [1.82, 2.24) is 0 Å². The molecule has 0 spiro atoms. The summed E-state index contributed by atoms with van der Waals surface area (Å²) in [4.78, 5) is 0. The maximum atomic E-state index is 4.07. The van der Waals surface area contributed by atoms with Crippen LogP contribution in [0.1, 0.15) is 58.3 Å². The van der Waals surface area contributed by atoms with Gasteiger partial charge >= 0.3 is 0 Å². The predicted molar refractivity (Wildman–Crippen MR) is 66.8 cm³/mol. The summed E-state index contributed by atoms with van der Waals surface area (Å²) in [6, 6.07) is 0. The van der Waals surface area contributed by atoms with Crippen LogP contribution >= 0.6 is 0 Å². The van der Waals surface area contributed by atoms with Crippen molar-refractivity contribution in [2.24, 2.45) is 11.8 Å². The standard InChI is InChI=1S/C15H24/c1-3-12(2)6-4-5-7-14-10-13-8-9-15(14)11-13/h10,13,15H,2-9,11H2,1H3. The van der Waals surface area contributed by atoms with Crippen molar-refractivity contribution in [3.05, 3.63) is 23.8 Å². The largest absolute Gasteiger partial charge is 0.0999 e. The smallest absolute Gasteiger partial charge is 0.0197 e. The second kappa shape index (κ2) is 5.01. The maximum absolute atomic E-state index is 4.07. The Bertz CT molecular complexity index is 259. The highest BCUT2D eigenvalue weighted by molar-refractivity contribution is 5.19. The van der Waals surface area contributed by atoms with Gasteiger partial charge in [0.2, 0.25) is 0 Å². The van der Waals surface area contributed by atoms with Gasteiger partial charge in [-0.15, -0.1) is 0 Å². The van der Waals surface area contributed by atoms with E-state index in [2.05, 4.69) is 19.6 Å². The molecule has 2 aliphatic rings. The van der Waals surface area contributed by atoms with E-state index in [0.29, 0.717) is 0 Å². The summed E-state index contributed by atoms with van der Waals surface area (Å²) in [7, 11) is 0. The number of fused-ring (bicyclic) bond motifs is 2. The van der Waals surface area contributed by atoms with Gasteiger partial charge in [-0.3, -0.25) is 0 Å². The van der Waals surface area contributed by atoms with Gasteiger partial charge < -0.3 is 0 Å². The highest BCUT2D eigenvalue weighted by Crippen LogP contribution is 2.45. The van der Waals surface area contributed by atoms with E-state index in [0.717, 1.165) is 18.3 Å². The molecule has 0 amide bonds. The van der Waals surface area contributed by atoms with Gasteiger partial charge in [-0.2, -0.15) is 0 Å². The third kappa shape index (κ3) is 2.74. The van der Waals surface area contributed by atoms with E-state index in [-0.39, 0.29) is 0 Å². The van der Waals surface area contributed by atoms with Crippen molar-refractivity contribution >= 4 is 0 Å². The van der Waals surface area contributed by atoms with E-state index in [4.69, 9.17) is 0 Å². The molecular weight excluding hydrogens is 180 g/mol. The van der Waals surface area contributed by atoms with Gasteiger partial charge in [0.25, 0.3) is 0 Å². The van der Waals surface area contributed by atoms with E-state index < -0.39 is 0 Å². The van der Waals surface area contributed by atoms with E-state index >= 15 is 0 Å². The average molecular weight is 204 g/mol. The summed E-state index contributed by atoms with van der Waals surface area (Å²) in [6.45, 7) is 6.28. The van der Waals surface area contributed by atoms with Gasteiger partial charge in [-0.05, 0) is 63.2 Å². The van der Waals surface area contributed by atoms with Crippen molar-refractivity contribution in [2.45, 2.75) is 58.3 Å². The van der Waals surface area contributed by atoms with Crippen molar-refractivity contribution < 1.29 is 0 Å². The highest BCUT2D eigenvalue weighted by atomic mass is 14.4. The summed E-state index contributed by atoms with van der Waals surface area (Å²) in [5.41, 5.74) is 3.23. The minimum atomic E-state index is 0.968. The first kappa shape index (κ1) is 11.0. The molecule has 0 aliphatic heterocycles. The molecule has 15 heavy (non-hydrogen) atoms. The molecule has 2 bridgehead atoms. The van der Waals surface area contributed by atoms with Crippen LogP contribution in [0, 0.1) is 11.8 Å². The maximum Gasteiger partial charge on any atom is -0.0197 e. The average Bonchev–Trinajstić information content (AvgIpc) is 2.85. The molecule has 84 valence electrons. The molecule has 0 aromatic rings. The third-order valence-corrected chi connectivity index (χ3v) is 4.19. The molecule has 0 aromatic carbocycles. The molecule has 0 heterocycles. The van der Waals surface area contributed by atoms with Crippen molar-refractivity contribution in [1.29, 1.82) is 0 Å². The Hall–Kier alpha value is -0.520. The lowest BCUT2D eigenvalue weighted by Gasteiger charge is -2.13. The van der Waals surface area contributed by atoms with Crippen LogP contribution in [-0.2, 0) is 0 Å². The molecule has 0 nitrogen and oxygen atoms in total. The first-order chi connectivity index (χ1) is 7.29. The summed E-state index contributed by atoms with van der Waals surface area (Å²) in [5.74, 6) is 1.96. The molecule has 0 N–H and O–H groups in total. The van der Waals surface area contributed by atoms with Crippen LogP contribution < -0.4 is 0 Å². The van der Waals surface area contributed by atoms with Gasteiger partial charge in [0.15, 0.2) is 0 Å². The Morgan fingerprint density at radius 3 is 2.87 bits per heavy atom. The quantitative estimate of drug-likeness (QED) is 0.428. The van der Waals surface area contributed by atoms with Crippen molar-refractivity contribution in [2.75, 3.05) is 0 Å². The Morgan fingerprint density at radius 2 is 2.27 bits per heavy atom. The number of unbranched alkanes of at least 4 members (excludes halogenated alkanes) is 1. The summed E-state index contributed by atoms with van der Waals surface area (Å²) < 4.78 is 0. The molecular formula is C15H24. The topological polar surface area (TPSA) is 0 Å². The van der Waals surface area contributed by atoms with Crippen LogP contribution in [0.15, 0.2) is 23.8 Å². The molecule has 2 aliphatic carbocycles. The zero-order valence-electron chi connectivity index (χ0n) is 10.1. The number of rotatable bonds is 6. The molecule has 1 saturated carbocycles. The van der Waals surface area contributed by atoms with Crippen LogP contribution in [0.2, 0.25) is 0 Å². The molecule has 2 rings (SSSR count). The Morgan fingerprint density at radius 1 is 1.40 bits per heavy atom. The molecule has 0 aromatic heterocycles. The Balaban J connectivity index is 1.63. The van der Waals surface area contributed by atoms with Crippen molar-refractivity contribution in [3.63, 3.8) is 0 Å². The first-order valence-electron chi connectivity index (χ1n) is 6.66. The van der Waals surface area contributed by atoms with E-state index in [9.17, 15) is 0 Å². The minimum absolute atomic E-state index is 0.968. The van der Waals surface area contributed by atoms with Crippen LogP contribution in [0.25, 0.3) is 0 Å². The monoisotopic (exact) mass is 204 g/mol. The fraction of sp³-hybridized carbons (Fsp3) is 0.733. The van der Waals surface area contributed by atoms with Gasteiger partial charge in [0.05, 0.1) is 0 Å². The van der Waals surface area contributed by atoms with E-state index in [1.54, 1.807) is 5.57 Å². The minimum Gasteiger partial charge on any atom is -0.0999 e. The molecule has 0 saturated heterocycles. The van der Waals surface area contributed by atoms with E-state index in [1.807, 2.05) is 0 Å². The molecule has 2 unspecified atom stereocenters. The van der Waals surface area contributed by atoms with Crippen molar-refractivity contribution in [3.8, 4) is 0 Å².